The zero-order chi connectivity index (χ0) is 18.4. The highest BCUT2D eigenvalue weighted by Gasteiger charge is 2.01. The van der Waals surface area contributed by atoms with Crippen LogP contribution in [-0.2, 0) is 9.53 Å². The van der Waals surface area contributed by atoms with Gasteiger partial charge in [0.1, 0.15) is 6.61 Å². The summed E-state index contributed by atoms with van der Waals surface area (Å²) in [6.45, 7) is 2.71. The summed E-state index contributed by atoms with van der Waals surface area (Å²) in [6.07, 6.45) is 24.8. The number of carbonyl (C=O) groups is 1. The summed E-state index contributed by atoms with van der Waals surface area (Å²) < 4.78 is 5.00. The lowest BCUT2D eigenvalue weighted by molar-refractivity contribution is -0.143. The van der Waals surface area contributed by atoms with Crippen molar-refractivity contribution in [2.24, 2.45) is 0 Å². The van der Waals surface area contributed by atoms with Gasteiger partial charge in [0.25, 0.3) is 0 Å². The van der Waals surface area contributed by atoms with Crippen LogP contribution in [-0.4, -0.2) is 18.3 Å². The van der Waals surface area contributed by atoms with Gasteiger partial charge in [0.05, 0.1) is 0 Å². The lowest BCUT2D eigenvalue weighted by Gasteiger charge is -2.02. The molecule has 0 aliphatic heterocycles. The van der Waals surface area contributed by atoms with Crippen molar-refractivity contribution >= 4 is 18.6 Å². The fraction of sp³-hybridized carbons (Fsp3) is 0.864. The molecule has 0 fully saturated rings. The van der Waals surface area contributed by atoms with Gasteiger partial charge in [0.15, 0.2) is 0 Å². The van der Waals surface area contributed by atoms with Gasteiger partial charge in [-0.2, -0.15) is 12.6 Å². The second-order valence-electron chi connectivity index (χ2n) is 6.99. The lowest BCUT2D eigenvalue weighted by atomic mass is 10.1. The lowest BCUT2D eigenvalue weighted by Crippen LogP contribution is -2.06. The van der Waals surface area contributed by atoms with Crippen molar-refractivity contribution in [3.8, 4) is 0 Å². The van der Waals surface area contributed by atoms with E-state index in [0.717, 1.165) is 12.8 Å². The predicted molar refractivity (Wildman–Crippen MR) is 113 cm³/mol. The topological polar surface area (TPSA) is 26.3 Å². The number of hydrogen-bond acceptors (Lipinski definition) is 3. The molecular weight excluding hydrogens is 328 g/mol. The number of carbonyl (C=O) groups excluding carboxylic acids is 1. The molecule has 0 spiro atoms. The molecule has 0 aromatic rings. The molecule has 25 heavy (non-hydrogen) atoms. The Kier molecular flexibility index (Phi) is 21.2. The number of esters is 1. The van der Waals surface area contributed by atoms with Gasteiger partial charge >= 0.3 is 5.97 Å². The Morgan fingerprint density at radius 3 is 1.76 bits per heavy atom. The molecule has 0 amide bonds. The molecule has 0 heterocycles. The highest BCUT2D eigenvalue weighted by atomic mass is 32.1. The Morgan fingerprint density at radius 2 is 1.24 bits per heavy atom. The maximum Gasteiger partial charge on any atom is 0.305 e. The average Bonchev–Trinajstić information content (AvgIpc) is 2.62. The first-order valence-corrected chi connectivity index (χ1v) is 11.4. The van der Waals surface area contributed by atoms with Crippen LogP contribution in [0.25, 0.3) is 0 Å². The van der Waals surface area contributed by atoms with Crippen molar-refractivity contribution in [1.82, 2.24) is 0 Å². The second kappa shape index (κ2) is 21.6. The quantitative estimate of drug-likeness (QED) is 0.112. The summed E-state index contributed by atoms with van der Waals surface area (Å²) in [7, 11) is 0. The van der Waals surface area contributed by atoms with Gasteiger partial charge in [-0.25, -0.2) is 0 Å². The zero-order valence-electron chi connectivity index (χ0n) is 16.6. The van der Waals surface area contributed by atoms with Crippen molar-refractivity contribution in [3.63, 3.8) is 0 Å². The number of allylic oxidation sites excluding steroid dienone is 2. The standard InChI is InChI=1S/C22H42O2S/c1-2-3-4-5-6-7-8-9-10-11-12-13-14-15-16-17-18-19-22(23)24-20-21-25/h11-12,25H,2-10,13-21H2,1H3/b12-11+. The molecule has 0 N–H and O–H groups in total. The summed E-state index contributed by atoms with van der Waals surface area (Å²) >= 11 is 4.02. The molecule has 0 atom stereocenters. The third-order valence-corrected chi connectivity index (χ3v) is 4.68. The van der Waals surface area contributed by atoms with Crippen LogP contribution in [0.5, 0.6) is 0 Å². The summed E-state index contributed by atoms with van der Waals surface area (Å²) in [6, 6.07) is 0. The van der Waals surface area contributed by atoms with Crippen LogP contribution >= 0.6 is 12.6 Å². The summed E-state index contributed by atoms with van der Waals surface area (Å²) in [5.74, 6) is 0.538. The van der Waals surface area contributed by atoms with E-state index in [-0.39, 0.29) is 5.97 Å². The van der Waals surface area contributed by atoms with E-state index in [1.54, 1.807) is 0 Å². The van der Waals surface area contributed by atoms with Crippen molar-refractivity contribution in [2.75, 3.05) is 12.4 Å². The second-order valence-corrected chi connectivity index (χ2v) is 7.43. The molecule has 0 radical (unpaired) electrons. The van der Waals surface area contributed by atoms with Crippen LogP contribution in [0.1, 0.15) is 110 Å². The Labute approximate surface area is 162 Å². The van der Waals surface area contributed by atoms with Crippen molar-refractivity contribution in [3.05, 3.63) is 12.2 Å². The van der Waals surface area contributed by atoms with Gasteiger partial charge in [0.2, 0.25) is 0 Å². The molecule has 0 aromatic carbocycles. The third-order valence-electron chi connectivity index (χ3n) is 4.50. The SMILES string of the molecule is CCCCCCCCCC/C=C/CCCCCCCC(=O)OCCS. The molecular formula is C22H42O2S. The highest BCUT2D eigenvalue weighted by Crippen LogP contribution is 2.11. The normalized spacial score (nSPS) is 11.3. The van der Waals surface area contributed by atoms with Crippen LogP contribution < -0.4 is 0 Å². The number of unbranched alkanes of at least 4 members (excludes halogenated alkanes) is 13. The fourth-order valence-corrected chi connectivity index (χ4v) is 3.02. The highest BCUT2D eigenvalue weighted by molar-refractivity contribution is 7.80. The maximum absolute atomic E-state index is 11.3. The summed E-state index contributed by atoms with van der Waals surface area (Å²) in [5.41, 5.74) is 0. The molecule has 3 heteroatoms. The average molecular weight is 371 g/mol. The molecule has 2 nitrogen and oxygen atoms in total. The van der Waals surface area contributed by atoms with Gasteiger partial charge < -0.3 is 4.74 Å². The molecule has 0 bridgehead atoms. The minimum Gasteiger partial charge on any atom is -0.465 e. The van der Waals surface area contributed by atoms with Crippen LogP contribution in [0.3, 0.4) is 0 Å². The van der Waals surface area contributed by atoms with E-state index >= 15 is 0 Å². The molecule has 0 aliphatic carbocycles. The molecule has 0 saturated heterocycles. The van der Waals surface area contributed by atoms with Gasteiger partial charge in [-0.05, 0) is 32.1 Å². The van der Waals surface area contributed by atoms with Gasteiger partial charge in [0, 0.05) is 12.2 Å². The molecule has 0 aliphatic rings. The Morgan fingerprint density at radius 1 is 0.760 bits per heavy atom. The van der Waals surface area contributed by atoms with E-state index in [9.17, 15) is 4.79 Å². The Bertz CT molecular complexity index is 302. The number of rotatable bonds is 19. The molecule has 0 saturated carbocycles. The third kappa shape index (κ3) is 21.5. The van der Waals surface area contributed by atoms with Gasteiger partial charge in [-0.1, -0.05) is 83.3 Å². The van der Waals surface area contributed by atoms with Crippen LogP contribution in [0.2, 0.25) is 0 Å². The van der Waals surface area contributed by atoms with Crippen LogP contribution in [0.15, 0.2) is 12.2 Å². The summed E-state index contributed by atoms with van der Waals surface area (Å²) in [5, 5.41) is 0. The minimum absolute atomic E-state index is 0.0713. The van der Waals surface area contributed by atoms with E-state index in [1.807, 2.05) is 0 Å². The summed E-state index contributed by atoms with van der Waals surface area (Å²) in [4.78, 5) is 11.3. The number of ether oxygens (including phenoxy) is 1. The molecule has 148 valence electrons. The van der Waals surface area contributed by atoms with Crippen molar-refractivity contribution in [1.29, 1.82) is 0 Å². The van der Waals surface area contributed by atoms with E-state index in [1.165, 1.54) is 83.5 Å². The number of hydrogen-bond donors (Lipinski definition) is 1. The first kappa shape index (κ1) is 24.6. The molecule has 0 rings (SSSR count). The van der Waals surface area contributed by atoms with Crippen LogP contribution in [0.4, 0.5) is 0 Å². The predicted octanol–water partition coefficient (Wildman–Crippen LogP) is 7.28. The maximum atomic E-state index is 11.3. The Hall–Kier alpha value is -0.440. The molecule has 0 aromatic heterocycles. The van der Waals surface area contributed by atoms with Crippen molar-refractivity contribution in [2.45, 2.75) is 110 Å². The molecule has 0 unspecified atom stereocenters. The van der Waals surface area contributed by atoms with E-state index in [4.69, 9.17) is 4.74 Å². The fourth-order valence-electron chi connectivity index (χ4n) is 2.93. The first-order chi connectivity index (χ1) is 12.3. The van der Waals surface area contributed by atoms with E-state index < -0.39 is 0 Å². The van der Waals surface area contributed by atoms with Gasteiger partial charge in [-0.3, -0.25) is 4.79 Å². The zero-order valence-corrected chi connectivity index (χ0v) is 17.5. The smallest absolute Gasteiger partial charge is 0.305 e. The monoisotopic (exact) mass is 370 g/mol. The number of thiol groups is 1. The van der Waals surface area contributed by atoms with E-state index in [0.29, 0.717) is 18.8 Å². The first-order valence-electron chi connectivity index (χ1n) is 10.7. The van der Waals surface area contributed by atoms with Gasteiger partial charge in [-0.15, -0.1) is 0 Å². The van der Waals surface area contributed by atoms with Crippen molar-refractivity contribution < 1.29 is 9.53 Å². The minimum atomic E-state index is -0.0713. The van der Waals surface area contributed by atoms with E-state index in [2.05, 4.69) is 31.7 Å². The largest absolute Gasteiger partial charge is 0.465 e. The Balaban J connectivity index is 3.14. The van der Waals surface area contributed by atoms with Crippen LogP contribution in [0, 0.1) is 0 Å².